The van der Waals surface area contributed by atoms with Gasteiger partial charge in [0.25, 0.3) is 0 Å². The van der Waals surface area contributed by atoms with Crippen molar-refractivity contribution in [3.05, 3.63) is 58.9 Å². The highest BCUT2D eigenvalue weighted by Gasteiger charge is 2.30. The summed E-state index contributed by atoms with van der Waals surface area (Å²) in [7, 11) is 0. The Kier molecular flexibility index (Phi) is 7.04. The van der Waals surface area contributed by atoms with Crippen molar-refractivity contribution in [1.82, 2.24) is 9.88 Å². The van der Waals surface area contributed by atoms with Crippen LogP contribution in [0.5, 0.6) is 0 Å². The van der Waals surface area contributed by atoms with Crippen LogP contribution in [0.15, 0.2) is 41.6 Å². The lowest BCUT2D eigenvalue weighted by molar-refractivity contribution is -0.137. The van der Waals surface area contributed by atoms with E-state index in [0.717, 1.165) is 37.5 Å². The summed E-state index contributed by atoms with van der Waals surface area (Å²) in [6.45, 7) is 7.67. The van der Waals surface area contributed by atoms with Crippen LogP contribution in [-0.2, 0) is 19.1 Å². The zero-order valence-electron chi connectivity index (χ0n) is 17.7. The van der Waals surface area contributed by atoms with E-state index in [1.54, 1.807) is 0 Å². The van der Waals surface area contributed by atoms with Gasteiger partial charge in [0, 0.05) is 50.2 Å². The van der Waals surface area contributed by atoms with Gasteiger partial charge in [-0.15, -0.1) is 5.11 Å². The van der Waals surface area contributed by atoms with Gasteiger partial charge in [-0.2, -0.15) is 13.2 Å². The predicted octanol–water partition coefficient (Wildman–Crippen LogP) is 4.98. The molecule has 0 bridgehead atoms. The number of nitrogens with one attached hydrogen (secondary N) is 2. The van der Waals surface area contributed by atoms with Crippen molar-refractivity contribution < 1.29 is 13.2 Å². The Morgan fingerprint density at radius 2 is 1.84 bits per heavy atom. The van der Waals surface area contributed by atoms with Gasteiger partial charge in [0.2, 0.25) is 0 Å². The number of benzene rings is 1. The summed E-state index contributed by atoms with van der Waals surface area (Å²) in [6, 6.07) is 8.44. The number of hydrogen-bond donors (Lipinski definition) is 2. The molecular formula is C22H27F3N6. The molecular weight excluding hydrogens is 405 g/mol. The van der Waals surface area contributed by atoms with Crippen LogP contribution in [0.3, 0.4) is 0 Å². The molecule has 0 saturated carbocycles. The minimum Gasteiger partial charge on any atom is -0.368 e. The summed E-state index contributed by atoms with van der Waals surface area (Å²) in [5.74, 6) is 0.439. The van der Waals surface area contributed by atoms with Gasteiger partial charge in [0.1, 0.15) is 0 Å². The van der Waals surface area contributed by atoms with Gasteiger partial charge >= 0.3 is 6.18 Å². The highest BCUT2D eigenvalue weighted by molar-refractivity contribution is 6.01. The molecule has 6 nitrogen and oxygen atoms in total. The molecule has 2 heterocycles. The zero-order chi connectivity index (χ0) is 22.6. The molecule has 2 N–H and O–H groups in total. The van der Waals surface area contributed by atoms with Crippen LogP contribution in [0.25, 0.3) is 0 Å². The fraction of sp³-hybridized carbons (Fsp3) is 0.455. The van der Waals surface area contributed by atoms with E-state index < -0.39 is 11.7 Å². The molecule has 2 aromatic rings. The summed E-state index contributed by atoms with van der Waals surface area (Å²) in [6.07, 6.45) is -2.57. The largest absolute Gasteiger partial charge is 0.417 e. The number of pyridine rings is 1. The third-order valence-corrected chi connectivity index (χ3v) is 5.32. The smallest absolute Gasteiger partial charge is 0.368 e. The molecule has 0 unspecified atom stereocenters. The lowest BCUT2D eigenvalue weighted by Crippen LogP contribution is -2.46. The average Bonchev–Trinajstić information content (AvgIpc) is 2.73. The third-order valence-electron chi connectivity index (χ3n) is 5.32. The minimum atomic E-state index is -4.38. The second-order valence-electron chi connectivity index (χ2n) is 8.21. The minimum absolute atomic E-state index is 0.0671. The van der Waals surface area contributed by atoms with Crippen LogP contribution in [0.4, 0.5) is 18.9 Å². The van der Waals surface area contributed by atoms with Crippen LogP contribution in [-0.4, -0.2) is 41.9 Å². The predicted molar refractivity (Wildman–Crippen MR) is 114 cm³/mol. The molecule has 1 saturated heterocycles. The molecule has 1 aromatic carbocycles. The Morgan fingerprint density at radius 3 is 2.39 bits per heavy atom. The van der Waals surface area contributed by atoms with E-state index in [2.05, 4.69) is 39.8 Å². The number of amidine groups is 1. The Balaban J connectivity index is 1.68. The number of hydrogen-bond acceptors (Lipinski definition) is 5. The summed E-state index contributed by atoms with van der Waals surface area (Å²) in [5, 5.41) is 11.3. The second kappa shape index (κ2) is 9.55. The van der Waals surface area contributed by atoms with Gasteiger partial charge in [0.05, 0.1) is 11.3 Å². The standard InChI is InChI=1S/C22H27F3N6/c1-15(2)11-16-3-6-19(21(26)29-27)20(12-16)31-9-7-30(8-10-31)14-18-5-4-17(13-28-18)22(23,24)25/h3-6,12-13,15,26-27H,7-11,14H2,1-2H3. The van der Waals surface area contributed by atoms with Crippen LogP contribution < -0.4 is 4.90 Å². The first kappa shape index (κ1) is 22.9. The summed E-state index contributed by atoms with van der Waals surface area (Å²) >= 11 is 0. The molecule has 1 aromatic heterocycles. The lowest BCUT2D eigenvalue weighted by atomic mass is 9.99. The maximum atomic E-state index is 12.7. The van der Waals surface area contributed by atoms with Gasteiger partial charge in [0.15, 0.2) is 5.84 Å². The van der Waals surface area contributed by atoms with E-state index in [9.17, 15) is 13.2 Å². The molecule has 3 rings (SSSR count). The molecule has 9 heteroatoms. The first-order valence-electron chi connectivity index (χ1n) is 10.3. The molecule has 0 spiro atoms. The SMILES string of the molecule is CC(C)Cc1ccc(C(=N)N=N)c(N2CCN(Cc3ccc(C(F)(F)F)cn3)CC2)c1. The van der Waals surface area contributed by atoms with Crippen molar-refractivity contribution in [2.45, 2.75) is 33.0 Å². The first-order valence-corrected chi connectivity index (χ1v) is 10.3. The molecule has 0 radical (unpaired) electrons. The third kappa shape index (κ3) is 5.88. The van der Waals surface area contributed by atoms with Crippen molar-refractivity contribution >= 4 is 11.5 Å². The molecule has 31 heavy (non-hydrogen) atoms. The Bertz CT molecular complexity index is 916. The Hall–Kier alpha value is -2.81. The van der Waals surface area contributed by atoms with Crippen molar-refractivity contribution in [2.24, 2.45) is 11.0 Å². The van der Waals surface area contributed by atoms with Gasteiger partial charge < -0.3 is 4.90 Å². The van der Waals surface area contributed by atoms with Crippen molar-refractivity contribution in [3.8, 4) is 0 Å². The summed E-state index contributed by atoms with van der Waals surface area (Å²) < 4.78 is 38.1. The Labute approximate surface area is 180 Å². The van der Waals surface area contributed by atoms with Gasteiger partial charge in [-0.1, -0.05) is 19.9 Å². The fourth-order valence-electron chi connectivity index (χ4n) is 3.76. The normalized spacial score (nSPS) is 15.4. The zero-order valence-corrected chi connectivity index (χ0v) is 17.7. The van der Waals surface area contributed by atoms with E-state index in [1.807, 2.05) is 12.1 Å². The molecule has 0 aliphatic carbocycles. The lowest BCUT2D eigenvalue weighted by Gasteiger charge is -2.37. The van der Waals surface area contributed by atoms with Crippen molar-refractivity contribution in [2.75, 3.05) is 31.1 Å². The quantitative estimate of drug-likeness (QED) is 0.384. The van der Waals surface area contributed by atoms with Gasteiger partial charge in [-0.05, 0) is 42.2 Å². The maximum Gasteiger partial charge on any atom is 0.417 e. The van der Waals surface area contributed by atoms with Gasteiger partial charge in [-0.3, -0.25) is 15.3 Å². The highest BCUT2D eigenvalue weighted by atomic mass is 19.4. The van der Waals surface area contributed by atoms with E-state index in [-0.39, 0.29) is 5.84 Å². The number of aromatic nitrogens is 1. The van der Waals surface area contributed by atoms with Crippen LogP contribution in [0.1, 0.15) is 36.2 Å². The monoisotopic (exact) mass is 432 g/mol. The molecule has 1 fully saturated rings. The number of halogens is 3. The number of nitrogens with zero attached hydrogens (tertiary/aromatic N) is 4. The van der Waals surface area contributed by atoms with Crippen LogP contribution in [0, 0.1) is 16.9 Å². The maximum absolute atomic E-state index is 12.7. The van der Waals surface area contributed by atoms with E-state index >= 15 is 0 Å². The molecule has 1 aliphatic heterocycles. The first-order chi connectivity index (χ1) is 14.7. The number of piperazine rings is 1. The summed E-state index contributed by atoms with van der Waals surface area (Å²) in [5.41, 5.74) is 9.83. The van der Waals surface area contributed by atoms with Crippen LogP contribution in [0.2, 0.25) is 0 Å². The molecule has 0 atom stereocenters. The van der Waals surface area contributed by atoms with Crippen molar-refractivity contribution in [1.29, 1.82) is 10.9 Å². The second-order valence-corrected chi connectivity index (χ2v) is 8.21. The topological polar surface area (TPSA) is 79.4 Å². The summed E-state index contributed by atoms with van der Waals surface area (Å²) in [4.78, 5) is 8.31. The van der Waals surface area contributed by atoms with Crippen LogP contribution >= 0.6 is 0 Å². The van der Waals surface area contributed by atoms with Gasteiger partial charge in [-0.25, -0.2) is 5.53 Å². The molecule has 0 amide bonds. The number of anilines is 1. The highest BCUT2D eigenvalue weighted by Crippen LogP contribution is 2.29. The van der Waals surface area contributed by atoms with E-state index in [1.165, 1.54) is 11.6 Å². The average molecular weight is 432 g/mol. The van der Waals surface area contributed by atoms with Crippen molar-refractivity contribution in [3.63, 3.8) is 0 Å². The van der Waals surface area contributed by atoms with E-state index in [4.69, 9.17) is 10.9 Å². The molecule has 1 aliphatic rings. The fourth-order valence-corrected chi connectivity index (χ4v) is 3.76. The Morgan fingerprint density at radius 1 is 1.13 bits per heavy atom. The molecule has 166 valence electrons. The number of rotatable bonds is 6. The number of alkyl halides is 3. The van der Waals surface area contributed by atoms with E-state index in [0.29, 0.717) is 36.8 Å².